The second-order valence-corrected chi connectivity index (χ2v) is 3.88. The predicted molar refractivity (Wildman–Crippen MR) is 61.0 cm³/mol. The summed E-state index contributed by atoms with van der Waals surface area (Å²) in [6.45, 7) is 1.76. The average molecular weight is 237 g/mol. The fourth-order valence-electron chi connectivity index (χ4n) is 1.52. The number of aromatic nitrogens is 2. The quantitative estimate of drug-likeness (QED) is 0.749. The van der Waals surface area contributed by atoms with E-state index in [2.05, 4.69) is 9.97 Å². The standard InChI is InChI=1S/C12H10ClFN2/c1-8-15-10(7-12(13)16-8)6-9-4-2-3-5-11(9)14/h2-5,7H,6H2,1H3. The first kappa shape index (κ1) is 11.0. The molecule has 0 fully saturated rings. The summed E-state index contributed by atoms with van der Waals surface area (Å²) in [6.07, 6.45) is 0.426. The van der Waals surface area contributed by atoms with Crippen molar-refractivity contribution in [3.05, 3.63) is 58.4 Å². The lowest BCUT2D eigenvalue weighted by Crippen LogP contribution is -1.98. The van der Waals surface area contributed by atoms with Crippen LogP contribution in [0.25, 0.3) is 0 Å². The summed E-state index contributed by atoms with van der Waals surface area (Å²) < 4.78 is 13.4. The number of nitrogens with zero attached hydrogens (tertiary/aromatic N) is 2. The van der Waals surface area contributed by atoms with E-state index in [4.69, 9.17) is 11.6 Å². The molecule has 1 aromatic heterocycles. The molecule has 0 saturated carbocycles. The minimum Gasteiger partial charge on any atom is -0.238 e. The number of rotatable bonds is 2. The topological polar surface area (TPSA) is 25.8 Å². The molecule has 0 aliphatic rings. The number of benzene rings is 1. The summed E-state index contributed by atoms with van der Waals surface area (Å²) in [5.41, 5.74) is 1.33. The van der Waals surface area contributed by atoms with Crippen molar-refractivity contribution in [2.24, 2.45) is 0 Å². The molecule has 0 amide bonds. The predicted octanol–water partition coefficient (Wildman–Crippen LogP) is 3.17. The largest absolute Gasteiger partial charge is 0.238 e. The van der Waals surface area contributed by atoms with Gasteiger partial charge in [0.25, 0.3) is 0 Å². The second-order valence-electron chi connectivity index (χ2n) is 3.50. The molecular formula is C12H10ClFN2. The van der Waals surface area contributed by atoms with Crippen LogP contribution in [0.5, 0.6) is 0 Å². The van der Waals surface area contributed by atoms with Gasteiger partial charge >= 0.3 is 0 Å². The van der Waals surface area contributed by atoms with Crippen molar-refractivity contribution in [2.45, 2.75) is 13.3 Å². The van der Waals surface area contributed by atoms with Gasteiger partial charge in [-0.3, -0.25) is 0 Å². The smallest absolute Gasteiger partial charge is 0.133 e. The third-order valence-corrected chi connectivity index (χ3v) is 2.38. The average Bonchev–Trinajstić information content (AvgIpc) is 2.20. The van der Waals surface area contributed by atoms with Gasteiger partial charge in [-0.15, -0.1) is 0 Å². The summed E-state index contributed by atoms with van der Waals surface area (Å²) >= 11 is 5.81. The minimum absolute atomic E-state index is 0.227. The molecule has 1 heterocycles. The summed E-state index contributed by atoms with van der Waals surface area (Å²) in [5.74, 6) is 0.369. The van der Waals surface area contributed by atoms with Gasteiger partial charge in [-0.1, -0.05) is 29.8 Å². The lowest BCUT2D eigenvalue weighted by molar-refractivity contribution is 0.613. The van der Waals surface area contributed by atoms with E-state index in [0.717, 1.165) is 5.69 Å². The van der Waals surface area contributed by atoms with Crippen LogP contribution in [0.3, 0.4) is 0 Å². The van der Waals surface area contributed by atoms with Crippen LogP contribution in [0.15, 0.2) is 30.3 Å². The number of halogens is 2. The molecule has 0 aliphatic carbocycles. The maximum Gasteiger partial charge on any atom is 0.133 e. The third kappa shape index (κ3) is 2.55. The fourth-order valence-corrected chi connectivity index (χ4v) is 1.77. The Hall–Kier alpha value is -1.48. The molecule has 0 radical (unpaired) electrons. The van der Waals surface area contributed by atoms with E-state index < -0.39 is 0 Å². The van der Waals surface area contributed by atoms with Gasteiger partial charge in [-0.05, 0) is 24.6 Å². The molecule has 2 nitrogen and oxygen atoms in total. The summed E-state index contributed by atoms with van der Waals surface area (Å²) in [5, 5.41) is 0.388. The van der Waals surface area contributed by atoms with E-state index in [-0.39, 0.29) is 5.82 Å². The molecule has 0 saturated heterocycles. The van der Waals surface area contributed by atoms with Gasteiger partial charge in [0.05, 0.1) is 5.69 Å². The third-order valence-electron chi connectivity index (χ3n) is 2.19. The number of hydrogen-bond acceptors (Lipinski definition) is 2. The van der Waals surface area contributed by atoms with Gasteiger partial charge in [0.1, 0.15) is 16.8 Å². The lowest BCUT2D eigenvalue weighted by atomic mass is 10.1. The maximum atomic E-state index is 13.4. The van der Waals surface area contributed by atoms with E-state index in [1.165, 1.54) is 6.07 Å². The molecule has 16 heavy (non-hydrogen) atoms. The minimum atomic E-state index is -0.227. The zero-order valence-corrected chi connectivity index (χ0v) is 9.50. The van der Waals surface area contributed by atoms with Crippen molar-refractivity contribution in [1.82, 2.24) is 9.97 Å². The van der Waals surface area contributed by atoms with Gasteiger partial charge in [-0.2, -0.15) is 0 Å². The van der Waals surface area contributed by atoms with Crippen molar-refractivity contribution in [1.29, 1.82) is 0 Å². The van der Waals surface area contributed by atoms with Crippen molar-refractivity contribution in [3.8, 4) is 0 Å². The zero-order chi connectivity index (χ0) is 11.5. The number of hydrogen-bond donors (Lipinski definition) is 0. The Morgan fingerprint density at radius 2 is 2.00 bits per heavy atom. The van der Waals surface area contributed by atoms with E-state index in [0.29, 0.717) is 23.0 Å². The molecule has 2 aromatic rings. The molecule has 0 N–H and O–H groups in total. The van der Waals surface area contributed by atoms with Crippen LogP contribution in [-0.2, 0) is 6.42 Å². The molecule has 0 unspecified atom stereocenters. The van der Waals surface area contributed by atoms with E-state index in [9.17, 15) is 4.39 Å². The van der Waals surface area contributed by atoms with Crippen molar-refractivity contribution in [3.63, 3.8) is 0 Å². The Balaban J connectivity index is 2.30. The molecule has 2 rings (SSSR count). The Morgan fingerprint density at radius 1 is 1.25 bits per heavy atom. The SMILES string of the molecule is Cc1nc(Cl)cc(Cc2ccccc2F)n1. The molecule has 4 heteroatoms. The Bertz CT molecular complexity index is 494. The van der Waals surface area contributed by atoms with Crippen LogP contribution < -0.4 is 0 Å². The highest BCUT2D eigenvalue weighted by Crippen LogP contribution is 2.14. The highest BCUT2D eigenvalue weighted by Gasteiger charge is 2.05. The molecule has 0 aliphatic heterocycles. The van der Waals surface area contributed by atoms with Gasteiger partial charge in [0.2, 0.25) is 0 Å². The van der Waals surface area contributed by atoms with Crippen LogP contribution >= 0.6 is 11.6 Å². The molecule has 0 atom stereocenters. The highest BCUT2D eigenvalue weighted by molar-refractivity contribution is 6.29. The maximum absolute atomic E-state index is 13.4. The summed E-state index contributed by atoms with van der Waals surface area (Å²) in [6, 6.07) is 8.29. The highest BCUT2D eigenvalue weighted by atomic mass is 35.5. The van der Waals surface area contributed by atoms with Gasteiger partial charge in [-0.25, -0.2) is 14.4 Å². The van der Waals surface area contributed by atoms with Crippen molar-refractivity contribution < 1.29 is 4.39 Å². The molecule has 0 spiro atoms. The first-order valence-electron chi connectivity index (χ1n) is 4.88. The molecule has 82 valence electrons. The Labute approximate surface area is 98.1 Å². The fraction of sp³-hybridized carbons (Fsp3) is 0.167. The first-order valence-corrected chi connectivity index (χ1v) is 5.26. The molecule has 1 aromatic carbocycles. The van der Waals surface area contributed by atoms with E-state index in [1.54, 1.807) is 31.2 Å². The molecule has 0 bridgehead atoms. The van der Waals surface area contributed by atoms with Crippen LogP contribution in [0.4, 0.5) is 4.39 Å². The van der Waals surface area contributed by atoms with Crippen molar-refractivity contribution in [2.75, 3.05) is 0 Å². The molecular weight excluding hydrogens is 227 g/mol. The van der Waals surface area contributed by atoms with Crippen LogP contribution in [0, 0.1) is 12.7 Å². The van der Waals surface area contributed by atoms with Crippen LogP contribution in [0.1, 0.15) is 17.1 Å². The lowest BCUT2D eigenvalue weighted by Gasteiger charge is -2.03. The Kier molecular flexibility index (Phi) is 3.15. The first-order chi connectivity index (χ1) is 7.65. The van der Waals surface area contributed by atoms with Crippen molar-refractivity contribution >= 4 is 11.6 Å². The van der Waals surface area contributed by atoms with E-state index >= 15 is 0 Å². The zero-order valence-electron chi connectivity index (χ0n) is 8.74. The van der Waals surface area contributed by atoms with Crippen LogP contribution in [0.2, 0.25) is 5.15 Å². The van der Waals surface area contributed by atoms with Gasteiger partial charge < -0.3 is 0 Å². The summed E-state index contributed by atoms with van der Waals surface area (Å²) in [4.78, 5) is 8.17. The number of aryl methyl sites for hydroxylation is 1. The van der Waals surface area contributed by atoms with Gasteiger partial charge in [0.15, 0.2) is 0 Å². The van der Waals surface area contributed by atoms with Gasteiger partial charge in [0, 0.05) is 6.42 Å². The normalized spacial score (nSPS) is 10.4. The monoisotopic (exact) mass is 236 g/mol. The van der Waals surface area contributed by atoms with Crippen LogP contribution in [-0.4, -0.2) is 9.97 Å². The van der Waals surface area contributed by atoms with E-state index in [1.807, 2.05) is 0 Å². The Morgan fingerprint density at radius 3 is 2.69 bits per heavy atom. The second kappa shape index (κ2) is 4.58. The summed E-state index contributed by atoms with van der Waals surface area (Å²) in [7, 11) is 0.